The number of benzene rings is 4. The minimum Gasteiger partial charge on any atom is -0.476 e. The van der Waals surface area contributed by atoms with Gasteiger partial charge in [0, 0.05) is 199 Å². The molecule has 0 unspecified atom stereocenters. The number of ether oxygens (including phenoxy) is 2. The number of aryl methyl sites for hydroxylation is 1. The van der Waals surface area contributed by atoms with E-state index in [0.29, 0.717) is 161 Å². The quantitative estimate of drug-likeness (QED) is 0.107. The topological polar surface area (TPSA) is 372 Å². The molecule has 35 heteroatoms. The number of amides is 5. The standard InChI is InChI=1S/C26H28N4O5S.C24H30N4O5.C19H22N4O3.C12H16N2O5.ClH.FH/c1-18-3-9-22(10-4-18)36(33,34)30-12-11-24-23(17-30)25(27-35-24)26(32)29-15-13-28(14-16-29)21-7-5-20(6-8-21)19(2)31;1-16(29)17-5-7-18(8-6-17)26-11-13-27(14-12-26)22(30)21-19-15-28(10-9-20(19)33-25-21)23(31)32-24(2,3)4;1-13(24)14-2-4-15(5-3-14)22-8-10-23(11-9-22)19(25)18-16-12-20-7-6-17(16)26-21-18;1-12(2,3)18-11(17)14-5-4-8-7(6-14)9(10(15)16)13-19-8;;/h3-10H,11-17H2,1-2H3;5-8H,9-15H2,1-4H3;2-5,20H,6-12H2,1H3;4-6H2,1-3H3,(H,15,16);2*1H. The largest absolute Gasteiger partial charge is 0.476 e. The van der Waals surface area contributed by atoms with E-state index in [1.165, 1.54) is 9.21 Å². The van der Waals surface area contributed by atoms with Crippen molar-refractivity contribution in [2.24, 2.45) is 0 Å². The van der Waals surface area contributed by atoms with Crippen LogP contribution in [-0.2, 0) is 71.4 Å². The van der Waals surface area contributed by atoms with Crippen molar-refractivity contribution in [1.82, 2.24) is 54.7 Å². The molecule has 3 saturated heterocycles. The Labute approximate surface area is 677 Å². The number of ketones is 3. The molecule has 116 heavy (non-hydrogen) atoms. The number of aromatic carboxylic acids is 1. The molecular formula is C81H98ClFN14O18S. The fourth-order valence-corrected chi connectivity index (χ4v) is 15.5. The summed E-state index contributed by atoms with van der Waals surface area (Å²) in [4.78, 5) is 124. The number of piperazine rings is 3. The minimum absolute atomic E-state index is 0. The zero-order valence-electron chi connectivity index (χ0n) is 66.6. The van der Waals surface area contributed by atoms with Gasteiger partial charge in [0.25, 0.3) is 17.7 Å². The second kappa shape index (κ2) is 37.1. The van der Waals surface area contributed by atoms with Gasteiger partial charge in [0.15, 0.2) is 40.1 Å². The van der Waals surface area contributed by atoms with Gasteiger partial charge in [-0.15, -0.1) is 12.4 Å². The Morgan fingerprint density at radius 3 is 1.08 bits per heavy atom. The Morgan fingerprint density at radius 1 is 0.414 bits per heavy atom. The Kier molecular flexibility index (Phi) is 27.8. The number of anilines is 3. The zero-order chi connectivity index (χ0) is 81.5. The number of carboxylic acid groups (broad SMARTS) is 1. The lowest BCUT2D eigenvalue weighted by atomic mass is 10.1. The van der Waals surface area contributed by atoms with Crippen molar-refractivity contribution >= 4 is 92.7 Å². The molecule has 5 amide bonds. The number of carbonyl (C=O) groups is 9. The Balaban J connectivity index is 0.000000166. The van der Waals surface area contributed by atoms with Crippen molar-refractivity contribution in [3.8, 4) is 0 Å². The fraction of sp³-hybridized carbons (Fsp3) is 0.444. The molecule has 4 aromatic heterocycles. The normalized spacial score (nSPS) is 16.1. The molecule has 15 rings (SSSR count). The summed E-state index contributed by atoms with van der Waals surface area (Å²) < 4.78 is 59.7. The van der Waals surface area contributed by atoms with E-state index in [4.69, 9.17) is 32.7 Å². The van der Waals surface area contributed by atoms with Crippen LogP contribution in [-0.4, -0.2) is 232 Å². The maximum absolute atomic E-state index is 13.3. The second-order valence-corrected chi connectivity index (χ2v) is 32.8. The summed E-state index contributed by atoms with van der Waals surface area (Å²) in [5, 5.41) is 27.9. The first-order valence-electron chi connectivity index (χ1n) is 38.1. The second-order valence-electron chi connectivity index (χ2n) is 30.8. The summed E-state index contributed by atoms with van der Waals surface area (Å²) in [7, 11) is -3.70. The SMILES string of the molecule is CC(=O)c1ccc(N2CCN(C(=O)c3noc4c3CN(C(=O)OC(C)(C)C)CC4)CC2)cc1.CC(=O)c1ccc(N2CCN(C(=O)c3noc4c3CN(S(=O)(=O)c3ccc(C)cc3)CC4)CC2)cc1.CC(=O)c1ccc(N2CCN(C(=O)c3noc4c3CNCC4)CC2)cc1.CC(C)(C)OC(=O)N1CCc2onc(C(=O)O)c2C1.Cl.F. The van der Waals surface area contributed by atoms with E-state index in [1.54, 1.807) is 80.5 Å². The molecule has 620 valence electrons. The molecule has 11 heterocycles. The Hall–Kier alpha value is -11.4. The predicted octanol–water partition coefficient (Wildman–Crippen LogP) is 9.75. The number of sulfonamides is 1. The highest BCUT2D eigenvalue weighted by atomic mass is 35.5. The molecule has 2 N–H and O–H groups in total. The number of aromatic nitrogens is 4. The first-order valence-corrected chi connectivity index (χ1v) is 39.5. The third-order valence-electron chi connectivity index (χ3n) is 20.5. The highest BCUT2D eigenvalue weighted by molar-refractivity contribution is 7.89. The van der Waals surface area contributed by atoms with Crippen LogP contribution in [0.2, 0.25) is 0 Å². The number of fused-ring (bicyclic) bond motifs is 4. The average molecular weight is 1640 g/mol. The van der Waals surface area contributed by atoms with Gasteiger partial charge < -0.3 is 77.2 Å². The molecule has 0 saturated carbocycles. The maximum Gasteiger partial charge on any atom is 0.410 e. The summed E-state index contributed by atoms with van der Waals surface area (Å²) in [5.41, 5.74) is 8.33. The number of halogens is 2. The molecule has 0 atom stereocenters. The van der Waals surface area contributed by atoms with E-state index < -0.39 is 39.4 Å². The van der Waals surface area contributed by atoms with Crippen molar-refractivity contribution in [2.45, 2.75) is 137 Å². The van der Waals surface area contributed by atoms with Crippen LogP contribution in [0, 0.1) is 6.92 Å². The number of rotatable bonds is 12. The van der Waals surface area contributed by atoms with Gasteiger partial charge in [-0.05, 0) is 154 Å². The van der Waals surface area contributed by atoms with E-state index >= 15 is 0 Å². The fourth-order valence-electron chi connectivity index (χ4n) is 14.1. The number of hydrogen-bond donors (Lipinski definition) is 2. The zero-order valence-corrected chi connectivity index (χ0v) is 68.3. The van der Waals surface area contributed by atoms with Gasteiger partial charge in [-0.25, -0.2) is 22.8 Å². The van der Waals surface area contributed by atoms with Crippen LogP contribution >= 0.6 is 12.4 Å². The van der Waals surface area contributed by atoms with Gasteiger partial charge in [-0.3, -0.25) is 33.5 Å². The van der Waals surface area contributed by atoms with Crippen LogP contribution in [0.1, 0.15) is 186 Å². The number of nitrogens with zero attached hydrogens (tertiary/aromatic N) is 13. The molecule has 7 aliphatic heterocycles. The third-order valence-corrected chi connectivity index (χ3v) is 22.4. The Bertz CT molecular complexity index is 4990. The molecule has 0 radical (unpaired) electrons. The maximum atomic E-state index is 13.3. The van der Waals surface area contributed by atoms with Gasteiger partial charge >= 0.3 is 18.2 Å². The number of hydrogen-bond acceptors (Lipinski definition) is 25. The van der Waals surface area contributed by atoms with Gasteiger partial charge in [-0.2, -0.15) is 4.31 Å². The van der Waals surface area contributed by atoms with Gasteiger partial charge in [0.2, 0.25) is 10.0 Å². The lowest BCUT2D eigenvalue weighted by Crippen LogP contribution is -2.49. The van der Waals surface area contributed by atoms with Crippen LogP contribution in [0.5, 0.6) is 0 Å². The minimum atomic E-state index is -3.70. The smallest absolute Gasteiger partial charge is 0.410 e. The van der Waals surface area contributed by atoms with E-state index in [-0.39, 0.29) is 100 Å². The molecule has 0 bridgehead atoms. The Morgan fingerprint density at radius 2 is 0.733 bits per heavy atom. The van der Waals surface area contributed by atoms with Crippen molar-refractivity contribution in [3.05, 3.63) is 187 Å². The summed E-state index contributed by atoms with van der Waals surface area (Å²) in [5.74, 6) is 1.07. The van der Waals surface area contributed by atoms with Gasteiger partial charge in [0.1, 0.15) is 34.2 Å². The monoisotopic (exact) mass is 1640 g/mol. The lowest BCUT2D eigenvalue weighted by molar-refractivity contribution is 0.0207. The summed E-state index contributed by atoms with van der Waals surface area (Å²) >= 11 is 0. The van der Waals surface area contributed by atoms with Crippen LogP contribution in [0.15, 0.2) is 120 Å². The number of nitrogens with one attached hydrogen (secondary N) is 1. The summed E-state index contributed by atoms with van der Waals surface area (Å²) in [6, 6.07) is 29.4. The molecular weight excluding hydrogens is 1540 g/mol. The number of Topliss-reactive ketones (excluding diaryl/α,β-unsaturated/α-hetero) is 3. The molecule has 32 nitrogen and oxygen atoms in total. The molecule has 8 aromatic rings. The highest BCUT2D eigenvalue weighted by Gasteiger charge is 2.39. The summed E-state index contributed by atoms with van der Waals surface area (Å²) in [6.07, 6.45) is 1.21. The van der Waals surface area contributed by atoms with Crippen molar-refractivity contribution in [3.63, 3.8) is 0 Å². The van der Waals surface area contributed by atoms with Crippen molar-refractivity contribution in [2.75, 3.05) is 119 Å². The molecule has 0 spiro atoms. The number of carboxylic acids is 1. The van der Waals surface area contributed by atoms with E-state index in [1.807, 2.05) is 105 Å². The average Bonchev–Trinajstić information content (AvgIpc) is 1.55. The molecule has 7 aliphatic rings. The van der Waals surface area contributed by atoms with Crippen LogP contribution in [0.25, 0.3) is 0 Å². The first kappa shape index (κ1) is 87.0. The van der Waals surface area contributed by atoms with E-state index in [0.717, 1.165) is 60.0 Å². The van der Waals surface area contributed by atoms with E-state index in [9.17, 15) is 51.6 Å². The van der Waals surface area contributed by atoms with Crippen LogP contribution in [0.4, 0.5) is 31.4 Å². The highest BCUT2D eigenvalue weighted by Crippen LogP contribution is 2.32. The van der Waals surface area contributed by atoms with Crippen molar-refractivity contribution < 1.29 is 88.9 Å². The molecule has 4 aromatic carbocycles. The van der Waals surface area contributed by atoms with Crippen LogP contribution < -0.4 is 20.0 Å². The van der Waals surface area contributed by atoms with Crippen molar-refractivity contribution in [1.29, 1.82) is 0 Å². The van der Waals surface area contributed by atoms with Gasteiger partial charge in [-0.1, -0.05) is 38.3 Å². The predicted molar refractivity (Wildman–Crippen MR) is 425 cm³/mol. The molecule has 0 aliphatic carbocycles. The lowest BCUT2D eigenvalue weighted by Gasteiger charge is -2.36. The third kappa shape index (κ3) is 20.6. The van der Waals surface area contributed by atoms with Crippen LogP contribution in [0.3, 0.4) is 0 Å². The first-order chi connectivity index (χ1) is 54.3. The summed E-state index contributed by atoms with van der Waals surface area (Å²) in [6.45, 7) is 28.0. The molecule has 3 fully saturated rings. The van der Waals surface area contributed by atoms with Gasteiger partial charge in [0.05, 0.1) is 18.0 Å². The van der Waals surface area contributed by atoms with E-state index in [2.05, 4.69) is 40.6 Å². The number of carbonyl (C=O) groups excluding carboxylic acids is 8.